The lowest BCUT2D eigenvalue weighted by Gasteiger charge is -2.42. The average molecular weight is 403 g/mol. The molecule has 2 saturated heterocycles. The second kappa shape index (κ2) is 8.56. The molecule has 0 aromatic carbocycles. The van der Waals surface area contributed by atoms with Crippen molar-refractivity contribution in [3.63, 3.8) is 0 Å². The van der Waals surface area contributed by atoms with Crippen LogP contribution in [0.5, 0.6) is 0 Å². The predicted molar refractivity (Wildman–Crippen MR) is 111 cm³/mol. The molecule has 3 aliphatic carbocycles. The number of amides is 2. The number of hydrogen-bond acceptors (Lipinski definition) is 3. The first-order chi connectivity index (χ1) is 14.2. The fraction of sp³-hybridized carbons (Fsp3) is 0.917. The second-order valence-corrected chi connectivity index (χ2v) is 10.4. The highest BCUT2D eigenvalue weighted by Crippen LogP contribution is 2.49. The van der Waals surface area contributed by atoms with E-state index in [1.807, 2.05) is 9.80 Å². The maximum atomic E-state index is 13.1. The van der Waals surface area contributed by atoms with E-state index in [0.717, 1.165) is 42.9 Å². The average Bonchev–Trinajstić information content (AvgIpc) is 3.20. The highest BCUT2D eigenvalue weighted by Gasteiger charge is 2.39. The van der Waals surface area contributed by atoms with Crippen molar-refractivity contribution in [2.45, 2.75) is 76.7 Å². The van der Waals surface area contributed by atoms with Crippen LogP contribution in [-0.2, 0) is 14.3 Å². The Morgan fingerprint density at radius 2 is 1.14 bits per heavy atom. The van der Waals surface area contributed by atoms with Crippen LogP contribution in [0, 0.1) is 29.6 Å². The molecule has 2 heterocycles. The fourth-order valence-corrected chi connectivity index (χ4v) is 7.04. The van der Waals surface area contributed by atoms with Crippen molar-refractivity contribution in [3.05, 3.63) is 0 Å². The first-order valence-electron chi connectivity index (χ1n) is 12.4. The molecule has 0 N–H and O–H groups in total. The highest BCUT2D eigenvalue weighted by molar-refractivity contribution is 5.82. The van der Waals surface area contributed by atoms with Gasteiger partial charge in [-0.05, 0) is 68.6 Å². The van der Waals surface area contributed by atoms with Gasteiger partial charge in [0.2, 0.25) is 5.91 Å². The summed E-state index contributed by atoms with van der Waals surface area (Å²) < 4.78 is 5.33. The lowest BCUT2D eigenvalue weighted by atomic mass is 9.66. The van der Waals surface area contributed by atoms with Crippen molar-refractivity contribution in [3.8, 4) is 0 Å². The molecule has 0 bridgehead atoms. The van der Waals surface area contributed by atoms with Crippen LogP contribution in [-0.4, -0.2) is 60.5 Å². The molecule has 4 unspecified atom stereocenters. The largest absolute Gasteiger partial charge is 0.368 e. The topological polar surface area (TPSA) is 49.9 Å². The van der Waals surface area contributed by atoms with Crippen molar-refractivity contribution in [2.24, 2.45) is 29.6 Å². The van der Waals surface area contributed by atoms with Gasteiger partial charge in [-0.1, -0.05) is 19.3 Å². The summed E-state index contributed by atoms with van der Waals surface area (Å²) in [6.07, 6.45) is 14.2. The first-order valence-corrected chi connectivity index (χ1v) is 12.4. The van der Waals surface area contributed by atoms with Gasteiger partial charge in [-0.3, -0.25) is 9.59 Å². The Morgan fingerprint density at radius 3 is 1.79 bits per heavy atom. The minimum Gasteiger partial charge on any atom is -0.368 e. The van der Waals surface area contributed by atoms with Crippen molar-refractivity contribution < 1.29 is 14.3 Å². The van der Waals surface area contributed by atoms with Crippen molar-refractivity contribution in [1.29, 1.82) is 0 Å². The maximum Gasteiger partial charge on any atom is 0.251 e. The fourth-order valence-electron chi connectivity index (χ4n) is 7.04. The van der Waals surface area contributed by atoms with E-state index in [1.165, 1.54) is 51.4 Å². The summed E-state index contributed by atoms with van der Waals surface area (Å²) in [7, 11) is 0. The molecule has 5 aliphatic rings. The Morgan fingerprint density at radius 1 is 0.621 bits per heavy atom. The summed E-state index contributed by atoms with van der Waals surface area (Å²) in [6, 6.07) is 0. The molecular weight excluding hydrogens is 364 g/mol. The van der Waals surface area contributed by atoms with Gasteiger partial charge in [-0.2, -0.15) is 0 Å². The zero-order valence-electron chi connectivity index (χ0n) is 17.9. The smallest absolute Gasteiger partial charge is 0.251 e. The molecule has 4 atom stereocenters. The van der Waals surface area contributed by atoms with Crippen LogP contribution in [0.1, 0.15) is 70.6 Å². The molecule has 5 fully saturated rings. The van der Waals surface area contributed by atoms with Gasteiger partial charge >= 0.3 is 0 Å². The first kappa shape index (κ1) is 19.8. The Kier molecular flexibility index (Phi) is 5.86. The molecule has 2 aliphatic heterocycles. The van der Waals surface area contributed by atoms with Crippen LogP contribution in [0.2, 0.25) is 0 Å². The number of carbonyl (C=O) groups excluding carboxylic acids is 2. The number of hydrogen-bond donors (Lipinski definition) is 0. The van der Waals surface area contributed by atoms with Gasteiger partial charge in [0.15, 0.2) is 0 Å². The normalized spacial score (nSPS) is 40.3. The van der Waals surface area contributed by atoms with E-state index >= 15 is 0 Å². The van der Waals surface area contributed by atoms with Gasteiger partial charge < -0.3 is 14.5 Å². The van der Waals surface area contributed by atoms with Crippen molar-refractivity contribution >= 4 is 11.8 Å². The van der Waals surface area contributed by atoms with Crippen LogP contribution in [0.4, 0.5) is 0 Å². The van der Waals surface area contributed by atoms with Gasteiger partial charge in [0.1, 0.15) is 6.10 Å². The van der Waals surface area contributed by atoms with Crippen molar-refractivity contribution in [1.82, 2.24) is 9.80 Å². The standard InChI is InChI=1S/C24H38N2O3/c27-23(25-11-13-26(14-12-25)24(28)22-10-15-29-22)19-7-4-18(5-8-19)21-9-6-17-2-1-3-20(17)16-21/h17-22H,1-16H2. The Balaban J connectivity index is 1.06. The molecule has 2 amide bonds. The summed E-state index contributed by atoms with van der Waals surface area (Å²) in [5.74, 6) is 4.59. The monoisotopic (exact) mass is 402 g/mol. The number of rotatable bonds is 3. The Hall–Kier alpha value is -1.10. The molecule has 0 radical (unpaired) electrons. The van der Waals surface area contributed by atoms with E-state index in [0.29, 0.717) is 38.7 Å². The predicted octanol–water partition coefficient (Wildman–Crippen LogP) is 3.47. The zero-order chi connectivity index (χ0) is 19.8. The molecule has 5 rings (SSSR count). The number of piperazine rings is 1. The molecule has 5 nitrogen and oxygen atoms in total. The minimum atomic E-state index is -0.216. The summed E-state index contributed by atoms with van der Waals surface area (Å²) >= 11 is 0. The number of nitrogens with zero attached hydrogens (tertiary/aromatic N) is 2. The summed E-state index contributed by atoms with van der Waals surface area (Å²) in [5.41, 5.74) is 0. The van der Waals surface area contributed by atoms with Crippen LogP contribution >= 0.6 is 0 Å². The Bertz CT molecular complexity index is 603. The van der Waals surface area contributed by atoms with E-state index < -0.39 is 0 Å². The SMILES string of the molecule is O=C(C1CCC(C2CCC3CCCC3C2)CC1)N1CCN(C(=O)C2CCO2)CC1. The van der Waals surface area contributed by atoms with Gasteiger partial charge in [-0.25, -0.2) is 0 Å². The molecule has 5 heteroatoms. The van der Waals surface area contributed by atoms with Crippen LogP contribution < -0.4 is 0 Å². The summed E-state index contributed by atoms with van der Waals surface area (Å²) in [4.78, 5) is 29.3. The van der Waals surface area contributed by atoms with Crippen molar-refractivity contribution in [2.75, 3.05) is 32.8 Å². The second-order valence-electron chi connectivity index (χ2n) is 10.4. The summed E-state index contributed by atoms with van der Waals surface area (Å²) in [5, 5.41) is 0. The van der Waals surface area contributed by atoms with Crippen LogP contribution in [0.3, 0.4) is 0 Å². The zero-order valence-corrected chi connectivity index (χ0v) is 17.9. The van der Waals surface area contributed by atoms with Crippen LogP contribution in [0.15, 0.2) is 0 Å². The van der Waals surface area contributed by atoms with Crippen LogP contribution in [0.25, 0.3) is 0 Å². The van der Waals surface area contributed by atoms with Gasteiger partial charge in [0, 0.05) is 38.5 Å². The van der Waals surface area contributed by atoms with E-state index in [4.69, 9.17) is 4.74 Å². The molecule has 0 spiro atoms. The molecule has 3 saturated carbocycles. The maximum absolute atomic E-state index is 13.1. The number of fused-ring (bicyclic) bond motifs is 1. The third-order valence-electron chi connectivity index (χ3n) is 9.00. The van der Waals surface area contributed by atoms with E-state index in [1.54, 1.807) is 0 Å². The van der Waals surface area contributed by atoms with E-state index in [-0.39, 0.29) is 17.9 Å². The highest BCUT2D eigenvalue weighted by atomic mass is 16.5. The third kappa shape index (κ3) is 4.08. The summed E-state index contributed by atoms with van der Waals surface area (Å²) in [6.45, 7) is 3.44. The quantitative estimate of drug-likeness (QED) is 0.726. The van der Waals surface area contributed by atoms with E-state index in [2.05, 4.69) is 0 Å². The molecule has 0 aromatic rings. The van der Waals surface area contributed by atoms with Gasteiger partial charge in [0.05, 0.1) is 6.61 Å². The molecule has 0 aromatic heterocycles. The lowest BCUT2D eigenvalue weighted by molar-refractivity contribution is -0.159. The minimum absolute atomic E-state index is 0.126. The number of ether oxygens (including phenoxy) is 1. The lowest BCUT2D eigenvalue weighted by Crippen LogP contribution is -2.55. The third-order valence-corrected chi connectivity index (χ3v) is 9.00. The van der Waals surface area contributed by atoms with E-state index in [9.17, 15) is 9.59 Å². The molecule has 162 valence electrons. The van der Waals surface area contributed by atoms with Gasteiger partial charge in [0.25, 0.3) is 5.91 Å². The Labute approximate surface area is 175 Å². The van der Waals surface area contributed by atoms with Gasteiger partial charge in [-0.15, -0.1) is 0 Å². The molecule has 29 heavy (non-hydrogen) atoms. The number of carbonyl (C=O) groups is 2. The molecular formula is C24H38N2O3.